The number of hydrogen-bond acceptors (Lipinski definition) is 3. The summed E-state index contributed by atoms with van der Waals surface area (Å²) in [6.45, 7) is 5.87. The average Bonchev–Trinajstić information content (AvgIpc) is 2.37. The molecule has 0 saturated carbocycles. The minimum Gasteiger partial charge on any atom is -0.354 e. The largest absolute Gasteiger partial charge is 0.354 e. The molecule has 1 atom stereocenters. The number of aryl methyl sites for hydroxylation is 1. The molecule has 1 rings (SSSR count). The Balaban J connectivity index is 2.55. The highest BCUT2D eigenvalue weighted by molar-refractivity contribution is 7.91. The first-order chi connectivity index (χ1) is 9.35. The summed E-state index contributed by atoms with van der Waals surface area (Å²) in [5.74, 6) is -0.359. The molecule has 0 bridgehead atoms. The maximum atomic E-state index is 12.1. The number of hydrogen-bond donors (Lipinski definition) is 1. The topological polar surface area (TPSA) is 63.2 Å². The Labute approximate surface area is 121 Å². The van der Waals surface area contributed by atoms with Crippen molar-refractivity contribution in [2.24, 2.45) is 0 Å². The highest BCUT2D eigenvalue weighted by Gasteiger charge is 2.16. The summed E-state index contributed by atoms with van der Waals surface area (Å²) in [7, 11) is -3.38. The first kappa shape index (κ1) is 16.7. The van der Waals surface area contributed by atoms with Crippen LogP contribution < -0.4 is 5.32 Å². The van der Waals surface area contributed by atoms with Crippen LogP contribution in [0, 0.1) is 6.92 Å². The van der Waals surface area contributed by atoms with Crippen LogP contribution in [0.1, 0.15) is 38.7 Å². The number of benzene rings is 1. The summed E-state index contributed by atoms with van der Waals surface area (Å²) in [4.78, 5) is 12.0. The van der Waals surface area contributed by atoms with Gasteiger partial charge in [0.05, 0.1) is 10.6 Å². The van der Waals surface area contributed by atoms with Gasteiger partial charge in [0, 0.05) is 12.5 Å². The van der Waals surface area contributed by atoms with Gasteiger partial charge in [-0.1, -0.05) is 31.0 Å². The summed E-state index contributed by atoms with van der Waals surface area (Å²) < 4.78 is 24.2. The third kappa shape index (κ3) is 5.33. The number of amides is 1. The molecule has 0 aliphatic carbocycles. The van der Waals surface area contributed by atoms with Crippen molar-refractivity contribution in [2.45, 2.75) is 51.0 Å². The zero-order valence-electron chi connectivity index (χ0n) is 12.3. The molecule has 0 aromatic heterocycles. The normalized spacial score (nSPS) is 12.9. The Hall–Kier alpha value is -1.36. The molecule has 0 fully saturated rings. The van der Waals surface area contributed by atoms with Gasteiger partial charge < -0.3 is 5.32 Å². The van der Waals surface area contributed by atoms with E-state index in [1.165, 1.54) is 0 Å². The van der Waals surface area contributed by atoms with Gasteiger partial charge >= 0.3 is 0 Å². The van der Waals surface area contributed by atoms with E-state index in [1.807, 2.05) is 20.8 Å². The molecule has 0 unspecified atom stereocenters. The fourth-order valence-electron chi connectivity index (χ4n) is 1.94. The van der Waals surface area contributed by atoms with E-state index in [0.29, 0.717) is 0 Å². The van der Waals surface area contributed by atoms with Gasteiger partial charge in [0.2, 0.25) is 5.91 Å². The van der Waals surface area contributed by atoms with Gasteiger partial charge in [-0.15, -0.1) is 0 Å². The second-order valence-corrected chi connectivity index (χ2v) is 7.25. The lowest BCUT2D eigenvalue weighted by Gasteiger charge is -2.12. The van der Waals surface area contributed by atoms with Crippen molar-refractivity contribution in [3.8, 4) is 0 Å². The SMILES string of the molecule is CCC[C@H](C)NC(=O)CCS(=O)(=O)c1ccc(C)cc1. The van der Waals surface area contributed by atoms with Gasteiger partial charge in [-0.05, 0) is 32.4 Å². The zero-order chi connectivity index (χ0) is 15.2. The van der Waals surface area contributed by atoms with Crippen LogP contribution in [0.15, 0.2) is 29.2 Å². The van der Waals surface area contributed by atoms with Gasteiger partial charge in [0.1, 0.15) is 0 Å². The molecule has 1 N–H and O–H groups in total. The van der Waals surface area contributed by atoms with Crippen molar-refractivity contribution in [1.29, 1.82) is 0 Å². The maximum absolute atomic E-state index is 12.1. The fourth-order valence-corrected chi connectivity index (χ4v) is 3.18. The number of carbonyl (C=O) groups excluding carboxylic acids is 1. The standard InChI is InChI=1S/C15H23NO3S/c1-4-5-13(3)16-15(17)10-11-20(18,19)14-8-6-12(2)7-9-14/h6-9,13H,4-5,10-11H2,1-3H3,(H,16,17)/t13-/m0/s1. The van der Waals surface area contributed by atoms with E-state index in [2.05, 4.69) is 5.32 Å². The fraction of sp³-hybridized carbons (Fsp3) is 0.533. The van der Waals surface area contributed by atoms with Crippen LogP contribution in [0.3, 0.4) is 0 Å². The lowest BCUT2D eigenvalue weighted by atomic mass is 10.2. The van der Waals surface area contributed by atoms with Gasteiger partial charge in [-0.2, -0.15) is 0 Å². The van der Waals surface area contributed by atoms with Gasteiger partial charge in [-0.25, -0.2) is 8.42 Å². The molecule has 4 nitrogen and oxygen atoms in total. The van der Waals surface area contributed by atoms with E-state index in [1.54, 1.807) is 24.3 Å². The molecule has 0 heterocycles. The monoisotopic (exact) mass is 297 g/mol. The van der Waals surface area contributed by atoms with E-state index in [9.17, 15) is 13.2 Å². The van der Waals surface area contributed by atoms with E-state index < -0.39 is 9.84 Å². The smallest absolute Gasteiger partial charge is 0.221 e. The summed E-state index contributed by atoms with van der Waals surface area (Å²) in [6, 6.07) is 6.78. The molecule has 1 amide bonds. The summed E-state index contributed by atoms with van der Waals surface area (Å²) in [6.07, 6.45) is 1.89. The molecule has 0 spiro atoms. The van der Waals surface area contributed by atoms with E-state index >= 15 is 0 Å². The second kappa shape index (κ2) is 7.43. The van der Waals surface area contributed by atoms with Crippen molar-refractivity contribution in [2.75, 3.05) is 5.75 Å². The summed E-state index contributed by atoms with van der Waals surface area (Å²) in [5, 5.41) is 2.81. The third-order valence-electron chi connectivity index (χ3n) is 3.11. The highest BCUT2D eigenvalue weighted by atomic mass is 32.2. The van der Waals surface area contributed by atoms with Crippen LogP contribution >= 0.6 is 0 Å². The average molecular weight is 297 g/mol. The van der Waals surface area contributed by atoms with Crippen molar-refractivity contribution < 1.29 is 13.2 Å². The molecule has 20 heavy (non-hydrogen) atoms. The highest BCUT2D eigenvalue weighted by Crippen LogP contribution is 2.13. The van der Waals surface area contributed by atoms with Crippen LogP contribution in [0.25, 0.3) is 0 Å². The first-order valence-corrected chi connectivity index (χ1v) is 8.59. The summed E-state index contributed by atoms with van der Waals surface area (Å²) in [5.41, 5.74) is 1.01. The molecule has 1 aromatic rings. The molecule has 112 valence electrons. The van der Waals surface area contributed by atoms with Gasteiger partial charge in [-0.3, -0.25) is 4.79 Å². The molecule has 1 aromatic carbocycles. The molecular weight excluding hydrogens is 274 g/mol. The van der Waals surface area contributed by atoms with Crippen molar-refractivity contribution in [3.05, 3.63) is 29.8 Å². The quantitative estimate of drug-likeness (QED) is 0.841. The number of sulfone groups is 1. The minimum absolute atomic E-state index is 0.00423. The predicted molar refractivity (Wildman–Crippen MR) is 80.4 cm³/mol. The third-order valence-corrected chi connectivity index (χ3v) is 4.84. The molecule has 0 saturated heterocycles. The first-order valence-electron chi connectivity index (χ1n) is 6.94. The predicted octanol–water partition coefficient (Wildman–Crippen LogP) is 2.46. The lowest BCUT2D eigenvalue weighted by Crippen LogP contribution is -2.33. The van der Waals surface area contributed by atoms with Crippen LogP contribution in [0.2, 0.25) is 0 Å². The van der Waals surface area contributed by atoms with Crippen LogP contribution in [0.4, 0.5) is 0 Å². The Morgan fingerprint density at radius 1 is 1.25 bits per heavy atom. The Morgan fingerprint density at radius 3 is 2.40 bits per heavy atom. The second-order valence-electron chi connectivity index (χ2n) is 5.14. The summed E-state index contributed by atoms with van der Waals surface area (Å²) >= 11 is 0. The molecule has 0 aliphatic rings. The van der Waals surface area contributed by atoms with E-state index in [0.717, 1.165) is 18.4 Å². The molecular formula is C15H23NO3S. The van der Waals surface area contributed by atoms with Crippen molar-refractivity contribution in [1.82, 2.24) is 5.32 Å². The van der Waals surface area contributed by atoms with Gasteiger partial charge in [0.25, 0.3) is 0 Å². The zero-order valence-corrected chi connectivity index (χ0v) is 13.2. The number of nitrogens with one attached hydrogen (secondary N) is 1. The molecule has 0 aliphatic heterocycles. The Morgan fingerprint density at radius 2 is 1.85 bits per heavy atom. The van der Waals surface area contributed by atoms with Crippen LogP contribution in [-0.2, 0) is 14.6 Å². The maximum Gasteiger partial charge on any atom is 0.221 e. The molecule has 5 heteroatoms. The van der Waals surface area contributed by atoms with Crippen LogP contribution in [0.5, 0.6) is 0 Å². The van der Waals surface area contributed by atoms with Crippen molar-refractivity contribution >= 4 is 15.7 Å². The number of rotatable bonds is 7. The van der Waals surface area contributed by atoms with Crippen LogP contribution in [-0.4, -0.2) is 26.1 Å². The van der Waals surface area contributed by atoms with E-state index in [4.69, 9.17) is 0 Å². The van der Waals surface area contributed by atoms with Crippen molar-refractivity contribution in [3.63, 3.8) is 0 Å². The Kier molecular flexibility index (Phi) is 6.20. The Bertz CT molecular complexity index is 535. The molecule has 0 radical (unpaired) electrons. The lowest BCUT2D eigenvalue weighted by molar-refractivity contribution is -0.121. The van der Waals surface area contributed by atoms with E-state index in [-0.39, 0.29) is 29.0 Å². The number of carbonyl (C=O) groups is 1. The minimum atomic E-state index is -3.38. The van der Waals surface area contributed by atoms with Gasteiger partial charge in [0.15, 0.2) is 9.84 Å².